The second-order valence-electron chi connectivity index (χ2n) is 8.60. The molecule has 0 aliphatic carbocycles. The van der Waals surface area contributed by atoms with E-state index in [-0.39, 0.29) is 5.91 Å². The monoisotopic (exact) mass is 399 g/mol. The number of amides is 1. The third-order valence-corrected chi connectivity index (χ3v) is 6.74. The van der Waals surface area contributed by atoms with Crippen molar-refractivity contribution in [2.75, 3.05) is 19.6 Å². The highest BCUT2D eigenvalue weighted by Gasteiger charge is 2.28. The van der Waals surface area contributed by atoms with Crippen molar-refractivity contribution in [2.45, 2.75) is 44.7 Å². The molecule has 0 atom stereocenters. The average Bonchev–Trinajstić information content (AvgIpc) is 2.82. The number of hydrogen-bond acceptors (Lipinski definition) is 3. The van der Waals surface area contributed by atoms with Crippen molar-refractivity contribution < 1.29 is 4.79 Å². The van der Waals surface area contributed by atoms with Crippen LogP contribution in [-0.4, -0.2) is 46.4 Å². The van der Waals surface area contributed by atoms with Gasteiger partial charge in [0.2, 0.25) is 5.91 Å². The van der Waals surface area contributed by atoms with Crippen LogP contribution in [0.15, 0.2) is 60.7 Å². The van der Waals surface area contributed by atoms with E-state index >= 15 is 0 Å². The van der Waals surface area contributed by atoms with Gasteiger partial charge in [-0.25, -0.2) is 0 Å². The van der Waals surface area contributed by atoms with E-state index in [1.54, 1.807) is 0 Å². The minimum absolute atomic E-state index is 0.271. The fourth-order valence-corrected chi connectivity index (χ4v) is 4.95. The van der Waals surface area contributed by atoms with Crippen LogP contribution < -0.4 is 0 Å². The predicted molar refractivity (Wildman–Crippen MR) is 120 cm³/mol. The van der Waals surface area contributed by atoms with Gasteiger partial charge in [0, 0.05) is 49.7 Å². The minimum atomic E-state index is 0.271. The normalized spacial score (nSPS) is 17.8. The number of aryl methyl sites for hydroxylation is 1. The highest BCUT2D eigenvalue weighted by atomic mass is 16.2. The van der Waals surface area contributed by atoms with Crippen molar-refractivity contribution in [2.24, 2.45) is 0 Å². The maximum absolute atomic E-state index is 12.8. The fraction of sp³-hybridized carbons (Fsp3) is 0.385. The highest BCUT2D eigenvalue weighted by Crippen LogP contribution is 2.25. The van der Waals surface area contributed by atoms with Crippen LogP contribution in [-0.2, 0) is 24.2 Å². The molecule has 2 aliphatic heterocycles. The Morgan fingerprint density at radius 1 is 0.900 bits per heavy atom. The average molecular weight is 400 g/mol. The van der Waals surface area contributed by atoms with Crippen LogP contribution in [0.1, 0.15) is 36.1 Å². The van der Waals surface area contributed by atoms with E-state index < -0.39 is 0 Å². The number of para-hydroxylation sites is 1. The molecule has 1 amide bonds. The lowest BCUT2D eigenvalue weighted by molar-refractivity contribution is -0.132. The molecule has 1 saturated heterocycles. The first-order valence-electron chi connectivity index (χ1n) is 11.2. The topological polar surface area (TPSA) is 36.4 Å². The summed E-state index contributed by atoms with van der Waals surface area (Å²) in [5.74, 6) is 0.271. The number of hydrogen-bond donors (Lipinski definition) is 0. The molecule has 2 aliphatic rings. The fourth-order valence-electron chi connectivity index (χ4n) is 4.95. The molecule has 0 N–H and O–H groups in total. The van der Waals surface area contributed by atoms with E-state index in [4.69, 9.17) is 4.98 Å². The molecule has 0 saturated carbocycles. The van der Waals surface area contributed by atoms with Gasteiger partial charge in [-0.1, -0.05) is 48.5 Å². The van der Waals surface area contributed by atoms with Gasteiger partial charge in [-0.15, -0.1) is 0 Å². The van der Waals surface area contributed by atoms with E-state index in [1.807, 2.05) is 18.2 Å². The number of likely N-dealkylation sites (tertiary alicyclic amines) is 1. The molecule has 4 heteroatoms. The van der Waals surface area contributed by atoms with Gasteiger partial charge >= 0.3 is 0 Å². The highest BCUT2D eigenvalue weighted by molar-refractivity contribution is 5.79. The van der Waals surface area contributed by atoms with E-state index in [2.05, 4.69) is 52.3 Å². The summed E-state index contributed by atoms with van der Waals surface area (Å²) in [6, 6.07) is 21.7. The lowest BCUT2D eigenvalue weighted by Gasteiger charge is -2.40. The smallest absolute Gasteiger partial charge is 0.222 e. The Morgan fingerprint density at radius 2 is 1.67 bits per heavy atom. The number of carbonyl (C=O) groups is 1. The number of fused-ring (bicyclic) bond motifs is 2. The summed E-state index contributed by atoms with van der Waals surface area (Å²) >= 11 is 0. The van der Waals surface area contributed by atoms with Crippen molar-refractivity contribution >= 4 is 16.8 Å². The molecule has 5 rings (SSSR count). The van der Waals surface area contributed by atoms with Gasteiger partial charge in [0.05, 0.1) is 5.52 Å². The number of aromatic nitrogens is 1. The number of carbonyl (C=O) groups excluding carboxylic acids is 1. The zero-order valence-electron chi connectivity index (χ0n) is 17.5. The lowest BCUT2D eigenvalue weighted by Crippen LogP contribution is -2.48. The molecule has 0 bridgehead atoms. The van der Waals surface area contributed by atoms with Crippen molar-refractivity contribution in [1.29, 1.82) is 0 Å². The van der Waals surface area contributed by atoms with Crippen molar-refractivity contribution in [1.82, 2.24) is 14.8 Å². The lowest BCUT2D eigenvalue weighted by atomic mass is 9.95. The van der Waals surface area contributed by atoms with Crippen LogP contribution in [0, 0.1) is 0 Å². The summed E-state index contributed by atoms with van der Waals surface area (Å²) in [4.78, 5) is 22.2. The molecular formula is C26H29N3O. The summed E-state index contributed by atoms with van der Waals surface area (Å²) in [6.07, 6.45) is 4.58. The van der Waals surface area contributed by atoms with E-state index in [1.165, 1.54) is 11.1 Å². The number of pyridine rings is 1. The predicted octanol–water partition coefficient (Wildman–Crippen LogP) is 4.22. The molecular weight excluding hydrogens is 370 g/mol. The minimum Gasteiger partial charge on any atom is -0.343 e. The van der Waals surface area contributed by atoms with Gasteiger partial charge in [0.1, 0.15) is 0 Å². The zero-order chi connectivity index (χ0) is 20.3. The number of rotatable bonds is 4. The van der Waals surface area contributed by atoms with Crippen LogP contribution in [0.2, 0.25) is 0 Å². The van der Waals surface area contributed by atoms with Gasteiger partial charge in [-0.05, 0) is 48.9 Å². The van der Waals surface area contributed by atoms with Crippen LogP contribution >= 0.6 is 0 Å². The molecule has 0 unspecified atom stereocenters. The van der Waals surface area contributed by atoms with Crippen molar-refractivity contribution in [3.63, 3.8) is 0 Å². The first-order valence-corrected chi connectivity index (χ1v) is 11.2. The Kier molecular flexibility index (Phi) is 5.50. The van der Waals surface area contributed by atoms with Crippen molar-refractivity contribution in [3.8, 4) is 0 Å². The summed E-state index contributed by atoms with van der Waals surface area (Å²) in [7, 11) is 0. The second kappa shape index (κ2) is 8.57. The zero-order valence-corrected chi connectivity index (χ0v) is 17.5. The summed E-state index contributed by atoms with van der Waals surface area (Å²) < 4.78 is 0. The molecule has 2 aromatic carbocycles. The molecule has 4 nitrogen and oxygen atoms in total. The van der Waals surface area contributed by atoms with E-state index in [0.29, 0.717) is 18.9 Å². The Balaban J connectivity index is 1.12. The molecule has 154 valence electrons. The van der Waals surface area contributed by atoms with E-state index in [0.717, 1.165) is 62.0 Å². The molecule has 3 heterocycles. The Bertz CT molecular complexity index is 1040. The third kappa shape index (κ3) is 4.10. The standard InChI is InChI=1S/C26H29N3O/c30-26(12-11-23-10-9-21-6-3-4-8-25(21)27-23)28-17-14-24(15-18-28)29-16-13-20-5-1-2-7-22(20)19-29/h1-10,24H,11-19H2. The first kappa shape index (κ1) is 19.3. The maximum Gasteiger partial charge on any atom is 0.222 e. The number of benzene rings is 2. The Labute approximate surface area is 178 Å². The SMILES string of the molecule is O=C(CCc1ccc2ccccc2n1)N1CCC(N2CCc3ccccc3C2)CC1. The summed E-state index contributed by atoms with van der Waals surface area (Å²) in [6.45, 7) is 3.96. The molecule has 1 fully saturated rings. The first-order chi connectivity index (χ1) is 14.8. The van der Waals surface area contributed by atoms with Gasteiger partial charge in [0.25, 0.3) is 0 Å². The van der Waals surface area contributed by atoms with Gasteiger partial charge in [0.15, 0.2) is 0 Å². The number of nitrogens with zero attached hydrogens (tertiary/aromatic N) is 3. The van der Waals surface area contributed by atoms with Crippen molar-refractivity contribution in [3.05, 3.63) is 77.5 Å². The van der Waals surface area contributed by atoms with Crippen LogP contribution in [0.4, 0.5) is 0 Å². The van der Waals surface area contributed by atoms with Gasteiger partial charge in [-0.3, -0.25) is 14.7 Å². The van der Waals surface area contributed by atoms with Crippen LogP contribution in [0.25, 0.3) is 10.9 Å². The number of piperidine rings is 1. The Morgan fingerprint density at radius 3 is 2.53 bits per heavy atom. The molecule has 0 radical (unpaired) electrons. The van der Waals surface area contributed by atoms with Gasteiger partial charge in [-0.2, -0.15) is 0 Å². The van der Waals surface area contributed by atoms with Crippen LogP contribution in [0.3, 0.4) is 0 Å². The largest absolute Gasteiger partial charge is 0.343 e. The van der Waals surface area contributed by atoms with Crippen LogP contribution in [0.5, 0.6) is 0 Å². The molecule has 3 aromatic rings. The maximum atomic E-state index is 12.8. The van der Waals surface area contributed by atoms with Gasteiger partial charge < -0.3 is 4.90 Å². The molecule has 1 aromatic heterocycles. The third-order valence-electron chi connectivity index (χ3n) is 6.74. The quantitative estimate of drug-likeness (QED) is 0.659. The Hall–Kier alpha value is -2.72. The summed E-state index contributed by atoms with van der Waals surface area (Å²) in [5.41, 5.74) is 4.99. The summed E-state index contributed by atoms with van der Waals surface area (Å²) in [5, 5.41) is 1.15. The molecule has 30 heavy (non-hydrogen) atoms. The van der Waals surface area contributed by atoms with E-state index in [9.17, 15) is 4.79 Å². The second-order valence-corrected chi connectivity index (χ2v) is 8.60. The molecule has 0 spiro atoms.